The molecule has 0 bridgehead atoms. The van der Waals surface area contributed by atoms with Gasteiger partial charge in [0.2, 0.25) is 10.0 Å². The van der Waals surface area contributed by atoms with Crippen molar-refractivity contribution in [2.75, 3.05) is 18.8 Å². The molecule has 0 aliphatic rings. The zero-order chi connectivity index (χ0) is 11.2. The molecule has 0 spiro atoms. The first-order chi connectivity index (χ1) is 6.33. The summed E-state index contributed by atoms with van der Waals surface area (Å²) in [5, 5.41) is 3.14. The van der Waals surface area contributed by atoms with E-state index in [4.69, 9.17) is 0 Å². The number of sulfonamides is 1. The Morgan fingerprint density at radius 3 is 2.07 bits per heavy atom. The number of hydrogen-bond acceptors (Lipinski definition) is 3. The lowest BCUT2D eigenvalue weighted by Crippen LogP contribution is -2.36. The van der Waals surface area contributed by atoms with E-state index in [1.165, 1.54) is 0 Å². The molecule has 0 heterocycles. The minimum absolute atomic E-state index is 0.172. The molecule has 0 atom stereocenters. The summed E-state index contributed by atoms with van der Waals surface area (Å²) < 4.78 is 25.2. The van der Waals surface area contributed by atoms with Gasteiger partial charge in [-0.1, -0.05) is 27.7 Å². The molecule has 2 N–H and O–H groups in total. The molecule has 0 aliphatic carbocycles. The van der Waals surface area contributed by atoms with E-state index in [0.717, 1.165) is 0 Å². The third-order valence-corrected chi connectivity index (χ3v) is 3.30. The van der Waals surface area contributed by atoms with Crippen LogP contribution in [0.25, 0.3) is 0 Å². The first-order valence-corrected chi connectivity index (χ1v) is 6.69. The molecule has 0 saturated heterocycles. The molecule has 0 aliphatic heterocycles. The Morgan fingerprint density at radius 2 is 1.64 bits per heavy atom. The van der Waals surface area contributed by atoms with Gasteiger partial charge in [0.05, 0.1) is 5.75 Å². The van der Waals surface area contributed by atoms with E-state index in [1.54, 1.807) is 0 Å². The molecule has 4 nitrogen and oxygen atoms in total. The SMILES string of the molecule is CC(C)CS(=O)(=O)NCCNC(C)C. The zero-order valence-corrected chi connectivity index (χ0v) is 10.3. The van der Waals surface area contributed by atoms with Crippen LogP contribution in [0.4, 0.5) is 0 Å². The van der Waals surface area contributed by atoms with Crippen molar-refractivity contribution in [1.82, 2.24) is 10.0 Å². The smallest absolute Gasteiger partial charge is 0.211 e. The van der Waals surface area contributed by atoms with Crippen LogP contribution in [-0.4, -0.2) is 33.3 Å². The molecule has 0 aromatic heterocycles. The Hall–Kier alpha value is -0.130. The second-order valence-electron chi connectivity index (χ2n) is 4.18. The second-order valence-corrected chi connectivity index (χ2v) is 6.03. The summed E-state index contributed by atoms with van der Waals surface area (Å²) in [7, 11) is -3.07. The third-order valence-electron chi connectivity index (χ3n) is 1.55. The summed E-state index contributed by atoms with van der Waals surface area (Å²) in [6.07, 6.45) is 0. The van der Waals surface area contributed by atoms with Crippen molar-refractivity contribution in [3.05, 3.63) is 0 Å². The van der Waals surface area contributed by atoms with Crippen LogP contribution in [0.1, 0.15) is 27.7 Å². The van der Waals surface area contributed by atoms with Gasteiger partial charge in [0.1, 0.15) is 0 Å². The maximum atomic E-state index is 11.3. The van der Waals surface area contributed by atoms with Crippen molar-refractivity contribution >= 4 is 10.0 Å². The average Bonchev–Trinajstić information content (AvgIpc) is 1.95. The fourth-order valence-electron chi connectivity index (χ4n) is 1.07. The Bertz CT molecular complexity index is 235. The molecule has 0 amide bonds. The lowest BCUT2D eigenvalue weighted by Gasteiger charge is -2.10. The molecule has 0 saturated carbocycles. The van der Waals surface area contributed by atoms with E-state index in [2.05, 4.69) is 10.0 Å². The summed E-state index contributed by atoms with van der Waals surface area (Å²) in [5.74, 6) is 0.375. The first-order valence-electron chi connectivity index (χ1n) is 5.04. The topological polar surface area (TPSA) is 58.2 Å². The minimum atomic E-state index is -3.07. The van der Waals surface area contributed by atoms with Gasteiger partial charge < -0.3 is 5.32 Å². The van der Waals surface area contributed by atoms with Gasteiger partial charge >= 0.3 is 0 Å². The standard InChI is InChI=1S/C9H22N2O2S/c1-8(2)7-14(12,13)11-6-5-10-9(3)4/h8-11H,5-7H2,1-4H3. The highest BCUT2D eigenvalue weighted by molar-refractivity contribution is 7.89. The third kappa shape index (κ3) is 8.47. The molecule has 0 radical (unpaired) electrons. The molecule has 0 unspecified atom stereocenters. The first kappa shape index (κ1) is 13.9. The van der Waals surface area contributed by atoms with Crippen LogP contribution >= 0.6 is 0 Å². The van der Waals surface area contributed by atoms with Gasteiger partial charge in [-0.15, -0.1) is 0 Å². The summed E-state index contributed by atoms with van der Waals surface area (Å²) in [5.41, 5.74) is 0. The fraction of sp³-hybridized carbons (Fsp3) is 1.00. The van der Waals surface area contributed by atoms with Gasteiger partial charge in [-0.2, -0.15) is 0 Å². The van der Waals surface area contributed by atoms with Crippen molar-refractivity contribution in [2.45, 2.75) is 33.7 Å². The van der Waals surface area contributed by atoms with E-state index in [-0.39, 0.29) is 11.7 Å². The monoisotopic (exact) mass is 222 g/mol. The van der Waals surface area contributed by atoms with Crippen molar-refractivity contribution in [3.63, 3.8) is 0 Å². The van der Waals surface area contributed by atoms with E-state index in [0.29, 0.717) is 19.1 Å². The van der Waals surface area contributed by atoms with E-state index < -0.39 is 10.0 Å². The van der Waals surface area contributed by atoms with E-state index >= 15 is 0 Å². The van der Waals surface area contributed by atoms with Crippen LogP contribution in [0.15, 0.2) is 0 Å². The summed E-state index contributed by atoms with van der Waals surface area (Å²) in [6.45, 7) is 8.99. The second kappa shape index (κ2) is 6.37. The van der Waals surface area contributed by atoms with Crippen LogP contribution in [0.3, 0.4) is 0 Å². The number of nitrogens with one attached hydrogen (secondary N) is 2. The number of rotatable bonds is 7. The van der Waals surface area contributed by atoms with Gasteiger partial charge in [0, 0.05) is 19.1 Å². The maximum Gasteiger partial charge on any atom is 0.211 e. The molecular weight excluding hydrogens is 200 g/mol. The largest absolute Gasteiger partial charge is 0.313 e. The Labute approximate surface area is 87.5 Å². The van der Waals surface area contributed by atoms with Crippen LogP contribution in [0, 0.1) is 5.92 Å². The maximum absolute atomic E-state index is 11.3. The molecule has 86 valence electrons. The predicted molar refractivity (Wildman–Crippen MR) is 59.8 cm³/mol. The van der Waals surface area contributed by atoms with Gasteiger partial charge in [-0.25, -0.2) is 13.1 Å². The van der Waals surface area contributed by atoms with Gasteiger partial charge in [0.15, 0.2) is 0 Å². The predicted octanol–water partition coefficient (Wildman–Crippen LogP) is 0.560. The molecule has 14 heavy (non-hydrogen) atoms. The van der Waals surface area contributed by atoms with Crippen LogP contribution in [-0.2, 0) is 10.0 Å². The fourth-order valence-corrected chi connectivity index (χ4v) is 2.47. The van der Waals surface area contributed by atoms with Crippen LogP contribution < -0.4 is 10.0 Å². The zero-order valence-electron chi connectivity index (χ0n) is 9.50. The average molecular weight is 222 g/mol. The van der Waals surface area contributed by atoms with Gasteiger partial charge in [-0.3, -0.25) is 0 Å². The normalized spacial score (nSPS) is 12.7. The molecule has 5 heteroatoms. The summed E-state index contributed by atoms with van der Waals surface area (Å²) >= 11 is 0. The van der Waals surface area contributed by atoms with Gasteiger partial charge in [-0.05, 0) is 5.92 Å². The van der Waals surface area contributed by atoms with Crippen molar-refractivity contribution in [1.29, 1.82) is 0 Å². The number of hydrogen-bond donors (Lipinski definition) is 2. The highest BCUT2D eigenvalue weighted by Crippen LogP contribution is 1.96. The van der Waals surface area contributed by atoms with Crippen LogP contribution in [0.5, 0.6) is 0 Å². The quantitative estimate of drug-likeness (QED) is 0.619. The Kier molecular flexibility index (Phi) is 6.31. The van der Waals surface area contributed by atoms with E-state index in [9.17, 15) is 8.42 Å². The Morgan fingerprint density at radius 1 is 1.07 bits per heavy atom. The van der Waals surface area contributed by atoms with Crippen molar-refractivity contribution in [3.8, 4) is 0 Å². The van der Waals surface area contributed by atoms with E-state index in [1.807, 2.05) is 27.7 Å². The van der Waals surface area contributed by atoms with Crippen molar-refractivity contribution < 1.29 is 8.42 Å². The van der Waals surface area contributed by atoms with Gasteiger partial charge in [0.25, 0.3) is 0 Å². The molecule has 0 fully saturated rings. The lowest BCUT2D eigenvalue weighted by molar-refractivity contribution is 0.551. The molecule has 0 aromatic rings. The molecule has 0 rings (SSSR count). The minimum Gasteiger partial charge on any atom is -0.313 e. The molecule has 0 aromatic carbocycles. The highest BCUT2D eigenvalue weighted by Gasteiger charge is 2.11. The van der Waals surface area contributed by atoms with Crippen LogP contribution in [0.2, 0.25) is 0 Å². The molecular formula is C9H22N2O2S. The summed E-state index contributed by atoms with van der Waals surface area (Å²) in [4.78, 5) is 0. The summed E-state index contributed by atoms with van der Waals surface area (Å²) in [6, 6.07) is 0.393. The van der Waals surface area contributed by atoms with Crippen molar-refractivity contribution in [2.24, 2.45) is 5.92 Å². The highest BCUT2D eigenvalue weighted by atomic mass is 32.2. The Balaban J connectivity index is 3.67. The lowest BCUT2D eigenvalue weighted by atomic mass is 10.3.